The van der Waals surface area contributed by atoms with Gasteiger partial charge in [0.2, 0.25) is 0 Å². The zero-order chi connectivity index (χ0) is 18.5. The number of carboxylic acid groups (broad SMARTS) is 1. The summed E-state index contributed by atoms with van der Waals surface area (Å²) in [5, 5.41) is 20.4. The van der Waals surface area contributed by atoms with Crippen LogP contribution in [-0.2, 0) is 17.0 Å². The van der Waals surface area contributed by atoms with Crippen molar-refractivity contribution in [3.63, 3.8) is 0 Å². The number of aliphatic carboxylic acids is 1. The van der Waals surface area contributed by atoms with E-state index in [0.29, 0.717) is 16.6 Å². The Hall–Kier alpha value is -2.89. The molecule has 0 spiro atoms. The second kappa shape index (κ2) is 7.99. The second-order valence-electron chi connectivity index (χ2n) is 5.36. The first-order valence-electron chi connectivity index (χ1n) is 7.57. The Morgan fingerprint density at radius 2 is 2.12 bits per heavy atom. The van der Waals surface area contributed by atoms with Crippen LogP contribution in [0.2, 0.25) is 0 Å². The lowest BCUT2D eigenvalue weighted by Crippen LogP contribution is -2.14. The van der Waals surface area contributed by atoms with Gasteiger partial charge in [-0.1, -0.05) is 42.1 Å². The van der Waals surface area contributed by atoms with Gasteiger partial charge in [0.1, 0.15) is 17.3 Å². The van der Waals surface area contributed by atoms with Gasteiger partial charge in [0.05, 0.1) is 11.3 Å². The molecule has 0 atom stereocenters. The summed E-state index contributed by atoms with van der Waals surface area (Å²) in [5.41, 5.74) is 1.57. The van der Waals surface area contributed by atoms with Crippen molar-refractivity contribution in [2.45, 2.75) is 17.3 Å². The van der Waals surface area contributed by atoms with E-state index in [1.807, 2.05) is 35.7 Å². The van der Waals surface area contributed by atoms with Gasteiger partial charge in [-0.25, -0.2) is 4.98 Å². The van der Waals surface area contributed by atoms with E-state index in [0.717, 1.165) is 16.0 Å². The lowest BCUT2D eigenvalue weighted by atomic mass is 10.1. The number of aromatic nitrogens is 2. The quantitative estimate of drug-likeness (QED) is 0.500. The lowest BCUT2D eigenvalue weighted by Gasteiger charge is -2.06. The average Bonchev–Trinajstić information content (AvgIpc) is 3.14. The van der Waals surface area contributed by atoms with Crippen LogP contribution in [0.15, 0.2) is 51.7 Å². The standard InChI is InChI=1S/C18H13N3O3S2/c19-9-13-16(14-5-2-6-25-14)20-18(21-17(13)24)26-10-12-4-1-3-11(7-12)8-15(22)23/h1-7H,8,10H2,(H,22,23)(H,20,21,24). The van der Waals surface area contributed by atoms with Crippen LogP contribution in [0, 0.1) is 11.3 Å². The molecular formula is C18H13N3O3S2. The molecule has 0 unspecified atom stereocenters. The maximum Gasteiger partial charge on any atom is 0.307 e. The molecule has 2 aromatic heterocycles. The molecule has 2 N–H and O–H groups in total. The molecule has 1 aromatic carbocycles. The Bertz CT molecular complexity index is 1040. The fourth-order valence-corrected chi connectivity index (χ4v) is 3.90. The molecule has 0 aliphatic heterocycles. The summed E-state index contributed by atoms with van der Waals surface area (Å²) < 4.78 is 0. The van der Waals surface area contributed by atoms with Crippen LogP contribution >= 0.6 is 23.1 Å². The molecule has 2 heterocycles. The van der Waals surface area contributed by atoms with E-state index in [1.165, 1.54) is 23.1 Å². The highest BCUT2D eigenvalue weighted by molar-refractivity contribution is 7.98. The van der Waals surface area contributed by atoms with Gasteiger partial charge in [0.15, 0.2) is 5.16 Å². The number of benzene rings is 1. The number of aromatic amines is 1. The largest absolute Gasteiger partial charge is 0.481 e. The van der Waals surface area contributed by atoms with Gasteiger partial charge in [-0.15, -0.1) is 11.3 Å². The number of rotatable bonds is 6. The van der Waals surface area contributed by atoms with Crippen LogP contribution in [0.4, 0.5) is 0 Å². The zero-order valence-electron chi connectivity index (χ0n) is 13.4. The van der Waals surface area contributed by atoms with Crippen molar-refractivity contribution in [3.05, 3.63) is 68.8 Å². The Balaban J connectivity index is 1.84. The maximum atomic E-state index is 12.2. The van der Waals surface area contributed by atoms with Crippen LogP contribution in [0.1, 0.15) is 16.7 Å². The highest BCUT2D eigenvalue weighted by atomic mass is 32.2. The van der Waals surface area contributed by atoms with Gasteiger partial charge in [0, 0.05) is 5.75 Å². The summed E-state index contributed by atoms with van der Waals surface area (Å²) in [6.45, 7) is 0. The minimum Gasteiger partial charge on any atom is -0.481 e. The van der Waals surface area contributed by atoms with E-state index in [1.54, 1.807) is 12.1 Å². The Kier molecular flexibility index (Phi) is 5.51. The first-order valence-corrected chi connectivity index (χ1v) is 9.44. The first-order chi connectivity index (χ1) is 12.6. The third-order valence-corrected chi connectivity index (χ3v) is 5.31. The molecule has 8 heteroatoms. The van der Waals surface area contributed by atoms with Crippen molar-refractivity contribution in [3.8, 4) is 16.6 Å². The van der Waals surface area contributed by atoms with E-state index in [-0.39, 0.29) is 12.0 Å². The molecule has 0 bridgehead atoms. The van der Waals surface area contributed by atoms with Gasteiger partial charge < -0.3 is 10.1 Å². The van der Waals surface area contributed by atoms with Crippen LogP contribution < -0.4 is 5.56 Å². The number of hydrogen-bond acceptors (Lipinski definition) is 6. The van der Waals surface area contributed by atoms with Crippen molar-refractivity contribution in [1.82, 2.24) is 9.97 Å². The molecule has 0 radical (unpaired) electrons. The maximum absolute atomic E-state index is 12.2. The Morgan fingerprint density at radius 1 is 1.31 bits per heavy atom. The molecule has 26 heavy (non-hydrogen) atoms. The highest BCUT2D eigenvalue weighted by Crippen LogP contribution is 2.27. The summed E-state index contributed by atoms with van der Waals surface area (Å²) in [7, 11) is 0. The van der Waals surface area contributed by atoms with Crippen molar-refractivity contribution in [1.29, 1.82) is 5.26 Å². The number of carboxylic acids is 1. The van der Waals surface area contributed by atoms with Gasteiger partial charge in [-0.05, 0) is 22.6 Å². The number of thiophene rings is 1. The van der Waals surface area contributed by atoms with Crippen LogP contribution in [-0.4, -0.2) is 21.0 Å². The summed E-state index contributed by atoms with van der Waals surface area (Å²) in [5.74, 6) is -0.361. The Labute approximate surface area is 157 Å². The summed E-state index contributed by atoms with van der Waals surface area (Å²) >= 11 is 2.74. The average molecular weight is 383 g/mol. The zero-order valence-corrected chi connectivity index (χ0v) is 15.1. The number of H-pyrrole nitrogens is 1. The minimum atomic E-state index is -0.881. The van der Waals surface area contributed by atoms with Gasteiger partial charge >= 0.3 is 5.97 Å². The number of hydrogen-bond donors (Lipinski definition) is 2. The van der Waals surface area contributed by atoms with Gasteiger partial charge in [0.25, 0.3) is 5.56 Å². The fraction of sp³-hybridized carbons (Fsp3) is 0.111. The van der Waals surface area contributed by atoms with Crippen LogP contribution in [0.3, 0.4) is 0 Å². The van der Waals surface area contributed by atoms with Crippen molar-refractivity contribution < 1.29 is 9.90 Å². The molecule has 3 aromatic rings. The fourth-order valence-electron chi connectivity index (χ4n) is 2.37. The third kappa shape index (κ3) is 4.20. The van der Waals surface area contributed by atoms with E-state index in [9.17, 15) is 14.9 Å². The predicted octanol–water partition coefficient (Wildman–Crippen LogP) is 3.29. The van der Waals surface area contributed by atoms with E-state index in [4.69, 9.17) is 5.11 Å². The Morgan fingerprint density at radius 3 is 2.81 bits per heavy atom. The number of nitrogens with one attached hydrogen (secondary N) is 1. The molecular weight excluding hydrogens is 370 g/mol. The van der Waals surface area contributed by atoms with Gasteiger partial charge in [-0.2, -0.15) is 5.26 Å². The van der Waals surface area contributed by atoms with E-state index in [2.05, 4.69) is 9.97 Å². The summed E-state index contributed by atoms with van der Waals surface area (Å²) in [4.78, 5) is 30.8. The molecule has 3 rings (SSSR count). The monoisotopic (exact) mass is 383 g/mol. The molecule has 130 valence electrons. The minimum absolute atomic E-state index is 0.000237. The summed E-state index contributed by atoms with van der Waals surface area (Å²) in [6.07, 6.45) is -0.0347. The molecule has 0 aliphatic carbocycles. The number of carbonyl (C=O) groups is 1. The second-order valence-corrected chi connectivity index (χ2v) is 7.27. The number of nitrogens with zero attached hydrogens (tertiary/aromatic N) is 2. The van der Waals surface area contributed by atoms with Gasteiger partial charge in [-0.3, -0.25) is 9.59 Å². The molecule has 0 fully saturated rings. The smallest absolute Gasteiger partial charge is 0.307 e. The van der Waals surface area contributed by atoms with E-state index < -0.39 is 11.5 Å². The van der Waals surface area contributed by atoms with Crippen LogP contribution in [0.5, 0.6) is 0 Å². The molecule has 0 saturated heterocycles. The number of thioether (sulfide) groups is 1. The molecule has 6 nitrogen and oxygen atoms in total. The van der Waals surface area contributed by atoms with Crippen molar-refractivity contribution in [2.24, 2.45) is 0 Å². The third-order valence-electron chi connectivity index (χ3n) is 3.49. The van der Waals surface area contributed by atoms with Crippen molar-refractivity contribution in [2.75, 3.05) is 0 Å². The number of nitriles is 1. The van der Waals surface area contributed by atoms with Crippen molar-refractivity contribution >= 4 is 29.1 Å². The normalized spacial score (nSPS) is 10.4. The lowest BCUT2D eigenvalue weighted by molar-refractivity contribution is -0.136. The SMILES string of the molecule is N#Cc1c(-c2cccs2)nc(SCc2cccc(CC(=O)O)c2)[nH]c1=O. The first kappa shape index (κ1) is 17.9. The molecule has 0 amide bonds. The molecule has 0 aliphatic rings. The van der Waals surface area contributed by atoms with E-state index >= 15 is 0 Å². The predicted molar refractivity (Wildman–Crippen MR) is 100 cm³/mol. The topological polar surface area (TPSA) is 107 Å². The highest BCUT2D eigenvalue weighted by Gasteiger charge is 2.14. The van der Waals surface area contributed by atoms with Crippen LogP contribution in [0.25, 0.3) is 10.6 Å². The summed E-state index contributed by atoms with van der Waals surface area (Å²) in [6, 6.07) is 12.8. The molecule has 0 saturated carbocycles.